The van der Waals surface area contributed by atoms with Gasteiger partial charge in [-0.1, -0.05) is 78.9 Å². The second kappa shape index (κ2) is 7.37. The average Bonchev–Trinajstić information content (AvgIpc) is 3.36. The molecule has 0 unspecified atom stereocenters. The number of aromatic nitrogens is 2. The molecule has 2 aromatic heterocycles. The Morgan fingerprint density at radius 1 is 0.828 bits per heavy atom. The molecule has 5 aromatic rings. The zero-order valence-corrected chi connectivity index (χ0v) is 16.3. The Labute approximate surface area is 172 Å². The highest BCUT2D eigenvalue weighted by Gasteiger charge is 2.16. The molecular formula is C24H17N3OS. The topological polar surface area (TPSA) is 46.4 Å². The maximum Gasteiger partial charge on any atom is 0.273 e. The number of nitrogens with one attached hydrogen (secondary N) is 1. The molecule has 0 radical (unpaired) electrons. The molecule has 0 saturated heterocycles. The van der Waals surface area contributed by atoms with Crippen molar-refractivity contribution in [2.45, 2.75) is 0 Å². The first-order valence-electron chi connectivity index (χ1n) is 9.27. The molecule has 0 bridgehead atoms. The highest BCUT2D eigenvalue weighted by molar-refractivity contribution is 7.15. The number of fused-ring (bicyclic) bond motifs is 1. The van der Waals surface area contributed by atoms with Crippen LogP contribution in [0, 0.1) is 0 Å². The number of hydrogen-bond acceptors (Lipinski definition) is 3. The van der Waals surface area contributed by atoms with Gasteiger partial charge in [-0.2, -0.15) is 0 Å². The number of rotatable bonds is 4. The van der Waals surface area contributed by atoms with Crippen LogP contribution >= 0.6 is 11.3 Å². The standard InChI is InChI=1S/C24H17N3OS/c28-23(25-20-14-8-7-13-19(20)17-9-3-1-4-10-17)22-16-29-24-26-21(15-27(22)24)18-11-5-2-6-12-18/h1-16H,(H,25,28). The second-order valence-corrected chi connectivity index (χ2v) is 7.47. The van der Waals surface area contributed by atoms with Crippen molar-refractivity contribution in [1.29, 1.82) is 0 Å². The summed E-state index contributed by atoms with van der Waals surface area (Å²) in [5, 5.41) is 4.92. The Morgan fingerprint density at radius 2 is 1.48 bits per heavy atom. The van der Waals surface area contributed by atoms with Crippen molar-refractivity contribution in [3.63, 3.8) is 0 Å². The molecule has 5 heteroatoms. The molecule has 0 atom stereocenters. The highest BCUT2D eigenvalue weighted by atomic mass is 32.1. The summed E-state index contributed by atoms with van der Waals surface area (Å²) in [6, 6.07) is 27.9. The Kier molecular flexibility index (Phi) is 4.42. The number of nitrogens with zero attached hydrogens (tertiary/aromatic N) is 2. The minimum Gasteiger partial charge on any atom is -0.320 e. The molecule has 0 aliphatic heterocycles. The summed E-state index contributed by atoms with van der Waals surface area (Å²) in [7, 11) is 0. The second-order valence-electron chi connectivity index (χ2n) is 6.63. The molecule has 0 saturated carbocycles. The summed E-state index contributed by atoms with van der Waals surface area (Å²) in [4.78, 5) is 18.5. The Hall–Kier alpha value is -3.70. The van der Waals surface area contributed by atoms with Gasteiger partial charge in [0.2, 0.25) is 0 Å². The first-order chi connectivity index (χ1) is 14.3. The van der Waals surface area contributed by atoms with Gasteiger partial charge in [0.05, 0.1) is 5.69 Å². The number of carbonyl (C=O) groups is 1. The van der Waals surface area contributed by atoms with Crippen LogP contribution in [0.5, 0.6) is 0 Å². The molecule has 29 heavy (non-hydrogen) atoms. The Morgan fingerprint density at radius 3 is 2.24 bits per heavy atom. The van der Waals surface area contributed by atoms with Gasteiger partial charge in [-0.25, -0.2) is 4.98 Å². The Balaban J connectivity index is 1.48. The highest BCUT2D eigenvalue weighted by Crippen LogP contribution is 2.29. The lowest BCUT2D eigenvalue weighted by Crippen LogP contribution is -2.14. The third kappa shape index (κ3) is 3.32. The van der Waals surface area contributed by atoms with Gasteiger partial charge in [-0.05, 0) is 11.6 Å². The van der Waals surface area contributed by atoms with E-state index in [-0.39, 0.29) is 5.91 Å². The molecule has 5 rings (SSSR count). The van der Waals surface area contributed by atoms with Crippen molar-refractivity contribution in [2.75, 3.05) is 5.32 Å². The number of thiazole rings is 1. The molecule has 140 valence electrons. The summed E-state index contributed by atoms with van der Waals surface area (Å²) in [5.41, 5.74) is 5.30. The normalized spacial score (nSPS) is 10.9. The lowest BCUT2D eigenvalue weighted by molar-refractivity contribution is 0.102. The van der Waals surface area contributed by atoms with Crippen LogP contribution in [-0.4, -0.2) is 15.3 Å². The van der Waals surface area contributed by atoms with Crippen LogP contribution in [0.4, 0.5) is 5.69 Å². The van der Waals surface area contributed by atoms with Crippen LogP contribution < -0.4 is 5.32 Å². The number of anilines is 1. The zero-order valence-electron chi connectivity index (χ0n) is 15.4. The predicted octanol–water partition coefficient (Wildman–Crippen LogP) is 5.98. The largest absolute Gasteiger partial charge is 0.320 e. The molecule has 1 amide bonds. The molecule has 3 aromatic carbocycles. The third-order valence-electron chi connectivity index (χ3n) is 4.77. The first kappa shape index (κ1) is 17.4. The molecular weight excluding hydrogens is 378 g/mol. The molecule has 0 fully saturated rings. The van der Waals surface area contributed by atoms with Crippen LogP contribution in [-0.2, 0) is 0 Å². The zero-order chi connectivity index (χ0) is 19.6. The molecule has 1 N–H and O–H groups in total. The fourth-order valence-corrected chi connectivity index (χ4v) is 4.20. The van der Waals surface area contributed by atoms with Crippen molar-refractivity contribution in [2.24, 2.45) is 0 Å². The third-order valence-corrected chi connectivity index (χ3v) is 5.61. The fraction of sp³-hybridized carbons (Fsp3) is 0. The molecule has 0 aliphatic carbocycles. The van der Waals surface area contributed by atoms with Crippen LogP contribution in [0.2, 0.25) is 0 Å². The van der Waals surface area contributed by atoms with Gasteiger partial charge in [-0.3, -0.25) is 9.20 Å². The number of hydrogen-bond donors (Lipinski definition) is 1. The maximum absolute atomic E-state index is 13.1. The summed E-state index contributed by atoms with van der Waals surface area (Å²) in [5.74, 6) is -0.156. The van der Waals surface area contributed by atoms with Crippen LogP contribution in [0.15, 0.2) is 96.5 Å². The van der Waals surface area contributed by atoms with Crippen LogP contribution in [0.25, 0.3) is 27.3 Å². The average molecular weight is 395 g/mol. The monoisotopic (exact) mass is 395 g/mol. The fourth-order valence-electron chi connectivity index (χ4n) is 3.34. The van der Waals surface area contributed by atoms with Gasteiger partial charge in [0.15, 0.2) is 4.96 Å². The van der Waals surface area contributed by atoms with Crippen molar-refractivity contribution in [3.05, 3.63) is 102 Å². The van der Waals surface area contributed by atoms with Crippen LogP contribution in [0.3, 0.4) is 0 Å². The summed E-state index contributed by atoms with van der Waals surface area (Å²) < 4.78 is 1.85. The minimum absolute atomic E-state index is 0.156. The van der Waals surface area contributed by atoms with Gasteiger partial charge in [0.1, 0.15) is 5.69 Å². The van der Waals surface area contributed by atoms with E-state index in [0.29, 0.717) is 5.69 Å². The van der Waals surface area contributed by atoms with E-state index in [9.17, 15) is 4.79 Å². The van der Waals surface area contributed by atoms with Gasteiger partial charge in [0, 0.05) is 28.4 Å². The van der Waals surface area contributed by atoms with E-state index >= 15 is 0 Å². The number of para-hydroxylation sites is 1. The first-order valence-corrected chi connectivity index (χ1v) is 10.2. The van der Waals surface area contributed by atoms with E-state index in [1.807, 2.05) is 101 Å². The van der Waals surface area contributed by atoms with Gasteiger partial charge in [-0.15, -0.1) is 11.3 Å². The van der Waals surface area contributed by atoms with Crippen molar-refractivity contribution in [1.82, 2.24) is 9.38 Å². The van der Waals surface area contributed by atoms with E-state index in [1.54, 1.807) is 0 Å². The van der Waals surface area contributed by atoms with E-state index in [2.05, 4.69) is 10.3 Å². The maximum atomic E-state index is 13.1. The smallest absolute Gasteiger partial charge is 0.273 e. The quantitative estimate of drug-likeness (QED) is 0.407. The van der Waals surface area contributed by atoms with Gasteiger partial charge >= 0.3 is 0 Å². The van der Waals surface area contributed by atoms with E-state index in [1.165, 1.54) is 11.3 Å². The minimum atomic E-state index is -0.156. The van der Waals surface area contributed by atoms with E-state index < -0.39 is 0 Å². The molecule has 0 spiro atoms. The number of imidazole rings is 1. The van der Waals surface area contributed by atoms with E-state index in [4.69, 9.17) is 0 Å². The molecule has 4 nitrogen and oxygen atoms in total. The van der Waals surface area contributed by atoms with Gasteiger partial charge < -0.3 is 5.32 Å². The molecule has 2 heterocycles. The van der Waals surface area contributed by atoms with Gasteiger partial charge in [0.25, 0.3) is 5.91 Å². The van der Waals surface area contributed by atoms with Crippen molar-refractivity contribution in [3.8, 4) is 22.4 Å². The summed E-state index contributed by atoms with van der Waals surface area (Å²) in [6.45, 7) is 0. The Bertz CT molecular complexity index is 1290. The number of carbonyl (C=O) groups excluding carboxylic acids is 1. The SMILES string of the molecule is O=C(Nc1ccccc1-c1ccccc1)c1csc2nc(-c3ccccc3)cn12. The lowest BCUT2D eigenvalue weighted by Gasteiger charge is -2.11. The van der Waals surface area contributed by atoms with E-state index in [0.717, 1.165) is 33.0 Å². The molecule has 0 aliphatic rings. The lowest BCUT2D eigenvalue weighted by atomic mass is 10.0. The van der Waals surface area contributed by atoms with Crippen molar-refractivity contribution >= 4 is 27.9 Å². The number of benzene rings is 3. The predicted molar refractivity (Wildman–Crippen MR) is 118 cm³/mol. The summed E-state index contributed by atoms with van der Waals surface area (Å²) >= 11 is 1.46. The van der Waals surface area contributed by atoms with Crippen LogP contribution in [0.1, 0.15) is 10.5 Å². The summed E-state index contributed by atoms with van der Waals surface area (Å²) in [6.07, 6.45) is 1.92. The number of amides is 1. The van der Waals surface area contributed by atoms with Crippen molar-refractivity contribution < 1.29 is 4.79 Å².